The molecule has 4 nitrogen and oxygen atoms in total. The Morgan fingerprint density at radius 2 is 1.92 bits per heavy atom. The molecule has 0 aliphatic heterocycles. The minimum Gasteiger partial charge on any atom is -0.494 e. The Bertz CT molecular complexity index is 840. The van der Waals surface area contributed by atoms with Gasteiger partial charge in [0.25, 0.3) is 5.91 Å². The van der Waals surface area contributed by atoms with Gasteiger partial charge in [0.1, 0.15) is 17.4 Å². The number of halogens is 2. The summed E-state index contributed by atoms with van der Waals surface area (Å²) in [6.45, 7) is 2.77. The van der Waals surface area contributed by atoms with E-state index < -0.39 is 5.91 Å². The van der Waals surface area contributed by atoms with Gasteiger partial charge in [0, 0.05) is 5.69 Å². The van der Waals surface area contributed by atoms with Crippen LogP contribution in [0.25, 0.3) is 6.08 Å². The third-order valence-corrected chi connectivity index (χ3v) is 4.24. The molecule has 0 spiro atoms. The first kappa shape index (κ1) is 19.8. The zero-order valence-electron chi connectivity index (χ0n) is 14.3. The Labute approximate surface area is 163 Å². The molecule has 2 aromatic carbocycles. The van der Waals surface area contributed by atoms with Gasteiger partial charge in [0.05, 0.1) is 16.7 Å². The summed E-state index contributed by atoms with van der Waals surface area (Å²) in [6, 6.07) is 13.8. The largest absolute Gasteiger partial charge is 0.494 e. The molecule has 0 atom stereocenters. The van der Waals surface area contributed by atoms with E-state index >= 15 is 0 Å². The van der Waals surface area contributed by atoms with Crippen molar-refractivity contribution in [2.24, 2.45) is 0 Å². The molecule has 26 heavy (non-hydrogen) atoms. The maximum atomic E-state index is 12.3. The molecule has 2 rings (SSSR count). The highest BCUT2D eigenvalue weighted by atomic mass is 35.5. The van der Waals surface area contributed by atoms with Gasteiger partial charge in [0.2, 0.25) is 0 Å². The minimum atomic E-state index is -0.519. The zero-order chi connectivity index (χ0) is 18.9. The lowest BCUT2D eigenvalue weighted by molar-refractivity contribution is -0.112. The van der Waals surface area contributed by atoms with E-state index in [9.17, 15) is 10.1 Å². The van der Waals surface area contributed by atoms with E-state index in [0.29, 0.717) is 22.3 Å². The Morgan fingerprint density at radius 3 is 2.54 bits per heavy atom. The quantitative estimate of drug-likeness (QED) is 0.374. The number of nitrogens with one attached hydrogen (secondary N) is 1. The number of hydrogen-bond acceptors (Lipinski definition) is 3. The number of unbranched alkanes of at least 4 members (excludes halogenated alkanes) is 1. The standard InChI is InChI=1S/C20H18Cl2N2O2/c1-2-3-10-26-17-7-4-14(5-8-17)11-15(13-23)20(25)24-16-6-9-18(21)19(22)12-16/h4-9,11-12H,2-3,10H2,1H3,(H,24,25)/b15-11+. The van der Waals surface area contributed by atoms with E-state index in [2.05, 4.69) is 12.2 Å². The van der Waals surface area contributed by atoms with Gasteiger partial charge in [-0.1, -0.05) is 48.7 Å². The van der Waals surface area contributed by atoms with Crippen molar-refractivity contribution < 1.29 is 9.53 Å². The van der Waals surface area contributed by atoms with Crippen LogP contribution in [0.5, 0.6) is 5.75 Å². The van der Waals surface area contributed by atoms with Gasteiger partial charge in [-0.2, -0.15) is 5.26 Å². The molecule has 0 unspecified atom stereocenters. The lowest BCUT2D eigenvalue weighted by atomic mass is 10.1. The highest BCUT2D eigenvalue weighted by molar-refractivity contribution is 6.42. The molecule has 0 saturated heterocycles. The van der Waals surface area contributed by atoms with Crippen molar-refractivity contribution in [2.75, 3.05) is 11.9 Å². The van der Waals surface area contributed by atoms with Crippen molar-refractivity contribution in [1.82, 2.24) is 0 Å². The smallest absolute Gasteiger partial charge is 0.266 e. The number of nitriles is 1. The van der Waals surface area contributed by atoms with E-state index in [0.717, 1.165) is 24.2 Å². The fourth-order valence-corrected chi connectivity index (χ4v) is 2.38. The third-order valence-electron chi connectivity index (χ3n) is 3.50. The summed E-state index contributed by atoms with van der Waals surface area (Å²) in [6.07, 6.45) is 3.58. The number of rotatable bonds is 7. The number of amides is 1. The summed E-state index contributed by atoms with van der Waals surface area (Å²) in [5, 5.41) is 12.6. The molecule has 6 heteroatoms. The lowest BCUT2D eigenvalue weighted by Crippen LogP contribution is -2.13. The first-order valence-corrected chi connectivity index (χ1v) is 8.90. The summed E-state index contributed by atoms with van der Waals surface area (Å²) >= 11 is 11.8. The molecule has 0 aliphatic carbocycles. The van der Waals surface area contributed by atoms with Crippen molar-refractivity contribution >= 4 is 40.9 Å². The molecule has 2 aromatic rings. The second kappa shape index (κ2) is 9.86. The fourth-order valence-electron chi connectivity index (χ4n) is 2.08. The Kier molecular flexibility index (Phi) is 7.53. The van der Waals surface area contributed by atoms with Crippen LogP contribution >= 0.6 is 23.2 Å². The first-order chi connectivity index (χ1) is 12.5. The van der Waals surface area contributed by atoms with Crippen LogP contribution in [0.3, 0.4) is 0 Å². The van der Waals surface area contributed by atoms with E-state index in [-0.39, 0.29) is 5.57 Å². The lowest BCUT2D eigenvalue weighted by Gasteiger charge is -2.07. The number of hydrogen-bond donors (Lipinski definition) is 1. The predicted molar refractivity (Wildman–Crippen MR) is 106 cm³/mol. The van der Waals surface area contributed by atoms with Gasteiger partial charge < -0.3 is 10.1 Å². The second-order valence-corrected chi connectivity index (χ2v) is 6.34. The third kappa shape index (κ3) is 5.80. The van der Waals surface area contributed by atoms with Crippen molar-refractivity contribution in [2.45, 2.75) is 19.8 Å². The van der Waals surface area contributed by atoms with Crippen molar-refractivity contribution in [3.63, 3.8) is 0 Å². The van der Waals surface area contributed by atoms with Crippen LogP contribution in [0.4, 0.5) is 5.69 Å². The fraction of sp³-hybridized carbons (Fsp3) is 0.200. The number of benzene rings is 2. The van der Waals surface area contributed by atoms with Gasteiger partial charge >= 0.3 is 0 Å². The number of carbonyl (C=O) groups is 1. The summed E-state index contributed by atoms with van der Waals surface area (Å²) in [4.78, 5) is 12.3. The number of carbonyl (C=O) groups excluding carboxylic acids is 1. The van der Waals surface area contributed by atoms with Crippen LogP contribution in [-0.2, 0) is 4.79 Å². The summed E-state index contributed by atoms with van der Waals surface area (Å²) in [5.74, 6) is 0.239. The van der Waals surface area contributed by atoms with Crippen LogP contribution in [0, 0.1) is 11.3 Å². The molecule has 0 saturated carbocycles. The van der Waals surface area contributed by atoms with E-state index in [1.54, 1.807) is 24.3 Å². The van der Waals surface area contributed by atoms with Crippen LogP contribution < -0.4 is 10.1 Å². The highest BCUT2D eigenvalue weighted by Gasteiger charge is 2.10. The van der Waals surface area contributed by atoms with Crippen LogP contribution in [0.15, 0.2) is 48.0 Å². The summed E-state index contributed by atoms with van der Waals surface area (Å²) in [7, 11) is 0. The molecule has 0 aromatic heterocycles. The first-order valence-electron chi connectivity index (χ1n) is 8.14. The van der Waals surface area contributed by atoms with Crippen molar-refractivity contribution in [1.29, 1.82) is 5.26 Å². The van der Waals surface area contributed by atoms with Gasteiger partial charge in [-0.05, 0) is 48.4 Å². The average molecular weight is 389 g/mol. The van der Waals surface area contributed by atoms with Gasteiger partial charge in [-0.3, -0.25) is 4.79 Å². The normalized spacial score (nSPS) is 10.9. The van der Waals surface area contributed by atoms with Gasteiger partial charge in [0.15, 0.2) is 0 Å². The second-order valence-electron chi connectivity index (χ2n) is 5.52. The van der Waals surface area contributed by atoms with Crippen molar-refractivity contribution in [3.8, 4) is 11.8 Å². The van der Waals surface area contributed by atoms with E-state index in [1.165, 1.54) is 12.1 Å². The predicted octanol–water partition coefficient (Wildman–Crippen LogP) is 5.72. The summed E-state index contributed by atoms with van der Waals surface area (Å²) in [5.41, 5.74) is 1.18. The molecule has 1 amide bonds. The number of nitrogens with zero attached hydrogens (tertiary/aromatic N) is 1. The Morgan fingerprint density at radius 1 is 1.19 bits per heavy atom. The number of ether oxygens (including phenoxy) is 1. The topological polar surface area (TPSA) is 62.1 Å². The van der Waals surface area contributed by atoms with E-state index in [4.69, 9.17) is 27.9 Å². The SMILES string of the molecule is CCCCOc1ccc(/C=C(\C#N)C(=O)Nc2ccc(Cl)c(Cl)c2)cc1. The van der Waals surface area contributed by atoms with Gasteiger partial charge in [-0.25, -0.2) is 0 Å². The molecule has 0 heterocycles. The van der Waals surface area contributed by atoms with Gasteiger partial charge in [-0.15, -0.1) is 0 Å². The molecule has 0 aliphatic rings. The molecular weight excluding hydrogens is 371 g/mol. The monoisotopic (exact) mass is 388 g/mol. The maximum absolute atomic E-state index is 12.3. The van der Waals surface area contributed by atoms with Crippen LogP contribution in [-0.4, -0.2) is 12.5 Å². The maximum Gasteiger partial charge on any atom is 0.266 e. The molecule has 1 N–H and O–H groups in total. The summed E-state index contributed by atoms with van der Waals surface area (Å²) < 4.78 is 5.59. The minimum absolute atomic E-state index is 0.0178. The van der Waals surface area contributed by atoms with Crippen LogP contribution in [0.1, 0.15) is 25.3 Å². The molecule has 0 bridgehead atoms. The van der Waals surface area contributed by atoms with Crippen molar-refractivity contribution in [3.05, 3.63) is 63.6 Å². The van der Waals surface area contributed by atoms with E-state index in [1.807, 2.05) is 18.2 Å². The Balaban J connectivity index is 2.07. The Hall–Kier alpha value is -2.48. The molecule has 0 fully saturated rings. The average Bonchev–Trinajstić information content (AvgIpc) is 2.64. The van der Waals surface area contributed by atoms with Crippen LogP contribution in [0.2, 0.25) is 10.0 Å². The highest BCUT2D eigenvalue weighted by Crippen LogP contribution is 2.25. The zero-order valence-corrected chi connectivity index (χ0v) is 15.8. The molecular formula is C20H18Cl2N2O2. The molecule has 134 valence electrons. The number of anilines is 1. The molecule has 0 radical (unpaired) electrons.